The van der Waals surface area contributed by atoms with Crippen LogP contribution >= 0.6 is 23.2 Å². The molecule has 5 rings (SSSR count). The van der Waals surface area contributed by atoms with Gasteiger partial charge in [0.1, 0.15) is 0 Å². The zero-order valence-electron chi connectivity index (χ0n) is 20.6. The van der Waals surface area contributed by atoms with Gasteiger partial charge in [0.05, 0.1) is 22.4 Å². The van der Waals surface area contributed by atoms with Crippen molar-refractivity contribution in [2.45, 2.75) is 22.5 Å². The summed E-state index contributed by atoms with van der Waals surface area (Å²) in [5.41, 5.74) is 2.51. The Morgan fingerprint density at radius 3 is 2.08 bits per heavy atom. The fourth-order valence-electron chi connectivity index (χ4n) is 4.67. The Kier molecular flexibility index (Phi) is 7.71. The Morgan fingerprint density at radius 2 is 1.49 bits per heavy atom. The van der Waals surface area contributed by atoms with E-state index in [1.54, 1.807) is 17.0 Å². The molecule has 0 saturated carbocycles. The minimum Gasteiger partial charge on any atom is -0.339 e. The third-order valence-electron chi connectivity index (χ3n) is 6.69. The van der Waals surface area contributed by atoms with Crippen LogP contribution in [0.1, 0.15) is 23.5 Å². The van der Waals surface area contributed by atoms with Gasteiger partial charge in [0, 0.05) is 29.1 Å². The Bertz CT molecular complexity index is 1630. The number of sulfonamides is 2. The minimum atomic E-state index is -4.20. The molecule has 1 saturated heterocycles. The number of hydrogen-bond donors (Lipinski definition) is 1. The molecule has 0 aliphatic carbocycles. The molecule has 2 heterocycles. The van der Waals surface area contributed by atoms with Crippen LogP contribution in [0.15, 0.2) is 93.3 Å². The van der Waals surface area contributed by atoms with Gasteiger partial charge in [-0.15, -0.1) is 4.40 Å². The molecule has 1 fully saturated rings. The van der Waals surface area contributed by atoms with Crippen LogP contribution in [0.5, 0.6) is 0 Å². The van der Waals surface area contributed by atoms with Crippen molar-refractivity contribution in [3.05, 3.63) is 100 Å². The minimum absolute atomic E-state index is 0.00783. The molecule has 2 aliphatic heterocycles. The SMILES string of the molecule is NS(=O)(=O)[C@H]1CCN(/C(=N/S(=O)(=O)c2ccc(Cl)cc2)N2C[C@H](c3ccccc3)C(c3ccc(Cl)cc3)=N2)C1. The summed E-state index contributed by atoms with van der Waals surface area (Å²) in [7, 11) is -8.03. The number of rotatable bonds is 5. The third-order valence-corrected chi connectivity index (χ3v) is 9.78. The maximum atomic E-state index is 13.4. The number of halogens is 2. The van der Waals surface area contributed by atoms with Crippen molar-refractivity contribution >= 4 is 54.9 Å². The molecule has 2 atom stereocenters. The van der Waals surface area contributed by atoms with Gasteiger partial charge in [-0.05, 0) is 53.9 Å². The quantitative estimate of drug-likeness (QED) is 0.347. The topological polar surface area (TPSA) is 126 Å². The Morgan fingerprint density at radius 1 is 0.872 bits per heavy atom. The van der Waals surface area contributed by atoms with E-state index < -0.39 is 25.3 Å². The van der Waals surface area contributed by atoms with Gasteiger partial charge in [-0.25, -0.2) is 18.6 Å². The molecule has 13 heteroatoms. The first-order chi connectivity index (χ1) is 18.5. The van der Waals surface area contributed by atoms with Gasteiger partial charge in [0.2, 0.25) is 16.0 Å². The lowest BCUT2D eigenvalue weighted by Crippen LogP contribution is -2.42. The molecule has 9 nitrogen and oxygen atoms in total. The summed E-state index contributed by atoms with van der Waals surface area (Å²) in [6, 6.07) is 22.6. The Hall–Kier alpha value is -2.96. The molecule has 0 unspecified atom stereocenters. The lowest BCUT2D eigenvalue weighted by Gasteiger charge is -2.26. The molecule has 204 valence electrons. The average Bonchev–Trinajstić information content (AvgIpc) is 3.57. The second kappa shape index (κ2) is 10.9. The molecule has 39 heavy (non-hydrogen) atoms. The normalized spacial score (nSPS) is 20.4. The summed E-state index contributed by atoms with van der Waals surface area (Å²) < 4.78 is 55.2. The number of hydrazone groups is 1. The van der Waals surface area contributed by atoms with Gasteiger partial charge in [-0.2, -0.15) is 13.5 Å². The van der Waals surface area contributed by atoms with Gasteiger partial charge in [-0.1, -0.05) is 65.7 Å². The van der Waals surface area contributed by atoms with Crippen LogP contribution in [0.2, 0.25) is 10.0 Å². The highest BCUT2D eigenvalue weighted by molar-refractivity contribution is 7.90. The van der Waals surface area contributed by atoms with E-state index in [1.165, 1.54) is 29.3 Å². The Labute approximate surface area is 237 Å². The molecule has 0 spiro atoms. The molecule has 0 aromatic heterocycles. The molecule has 0 amide bonds. The summed E-state index contributed by atoms with van der Waals surface area (Å²) in [5, 5.41) is 11.9. The van der Waals surface area contributed by atoms with Gasteiger partial charge in [0.25, 0.3) is 10.0 Å². The fraction of sp³-hybridized carbons (Fsp3) is 0.231. The predicted molar refractivity (Wildman–Crippen MR) is 153 cm³/mol. The molecule has 2 N–H and O–H groups in total. The average molecular weight is 607 g/mol. The molecule has 2 aliphatic rings. The Balaban J connectivity index is 1.60. The molecule has 0 bridgehead atoms. The maximum Gasteiger partial charge on any atom is 0.285 e. The lowest BCUT2D eigenvalue weighted by atomic mass is 9.91. The lowest BCUT2D eigenvalue weighted by molar-refractivity contribution is 0.376. The van der Waals surface area contributed by atoms with E-state index >= 15 is 0 Å². The maximum absolute atomic E-state index is 13.4. The van der Waals surface area contributed by atoms with Crippen molar-refractivity contribution in [1.29, 1.82) is 0 Å². The molecule has 3 aromatic rings. The summed E-state index contributed by atoms with van der Waals surface area (Å²) >= 11 is 12.1. The van der Waals surface area contributed by atoms with E-state index in [-0.39, 0.29) is 42.8 Å². The highest BCUT2D eigenvalue weighted by Gasteiger charge is 2.39. The monoisotopic (exact) mass is 605 g/mol. The number of hydrogen-bond acceptors (Lipinski definition) is 5. The van der Waals surface area contributed by atoms with Crippen LogP contribution in [0.3, 0.4) is 0 Å². The largest absolute Gasteiger partial charge is 0.339 e. The van der Waals surface area contributed by atoms with Crippen LogP contribution in [0.4, 0.5) is 0 Å². The number of guanidine groups is 1. The van der Waals surface area contributed by atoms with Gasteiger partial charge >= 0.3 is 0 Å². The van der Waals surface area contributed by atoms with Crippen LogP contribution in [0, 0.1) is 0 Å². The van der Waals surface area contributed by atoms with Gasteiger partial charge in [-0.3, -0.25) is 0 Å². The van der Waals surface area contributed by atoms with Gasteiger partial charge < -0.3 is 4.90 Å². The van der Waals surface area contributed by atoms with Crippen molar-refractivity contribution in [3.63, 3.8) is 0 Å². The summed E-state index contributed by atoms with van der Waals surface area (Å²) in [6.45, 7) is 0.522. The first-order valence-corrected chi connectivity index (χ1v) is 15.9. The number of nitrogens with two attached hydrogens (primary N) is 1. The predicted octanol–water partition coefficient (Wildman–Crippen LogP) is 3.90. The van der Waals surface area contributed by atoms with E-state index in [4.69, 9.17) is 33.4 Å². The first kappa shape index (κ1) is 27.6. The summed E-state index contributed by atoms with van der Waals surface area (Å²) in [4.78, 5) is 1.56. The highest BCUT2D eigenvalue weighted by Crippen LogP contribution is 2.31. The number of benzene rings is 3. The second-order valence-electron chi connectivity index (χ2n) is 9.30. The zero-order chi connectivity index (χ0) is 27.8. The van der Waals surface area contributed by atoms with E-state index in [1.807, 2.05) is 42.5 Å². The van der Waals surface area contributed by atoms with E-state index in [0.29, 0.717) is 15.8 Å². The smallest absolute Gasteiger partial charge is 0.285 e. The number of likely N-dealkylation sites (tertiary alicyclic amines) is 1. The second-order valence-corrected chi connectivity index (χ2v) is 13.6. The summed E-state index contributed by atoms with van der Waals surface area (Å²) in [6.07, 6.45) is 0.239. The molecular weight excluding hydrogens is 581 g/mol. The van der Waals surface area contributed by atoms with E-state index in [2.05, 4.69) is 4.40 Å². The molecule has 3 aromatic carbocycles. The highest BCUT2D eigenvalue weighted by atomic mass is 35.5. The van der Waals surface area contributed by atoms with Crippen LogP contribution < -0.4 is 5.14 Å². The van der Waals surface area contributed by atoms with Crippen molar-refractivity contribution in [1.82, 2.24) is 9.91 Å². The van der Waals surface area contributed by atoms with E-state index in [9.17, 15) is 16.8 Å². The molecular formula is C26H25Cl2N5O4S2. The van der Waals surface area contributed by atoms with Gasteiger partial charge in [0.15, 0.2) is 0 Å². The van der Waals surface area contributed by atoms with Crippen LogP contribution in [0.25, 0.3) is 0 Å². The van der Waals surface area contributed by atoms with Crippen molar-refractivity contribution in [2.24, 2.45) is 14.6 Å². The fourth-order valence-corrected chi connectivity index (χ4v) is 6.75. The van der Waals surface area contributed by atoms with Crippen molar-refractivity contribution < 1.29 is 16.8 Å². The van der Waals surface area contributed by atoms with Crippen LogP contribution in [-0.4, -0.2) is 63.3 Å². The van der Waals surface area contributed by atoms with E-state index in [0.717, 1.165) is 11.1 Å². The van der Waals surface area contributed by atoms with Crippen LogP contribution in [-0.2, 0) is 20.0 Å². The van der Waals surface area contributed by atoms with Crippen molar-refractivity contribution in [2.75, 3.05) is 19.6 Å². The zero-order valence-corrected chi connectivity index (χ0v) is 23.7. The first-order valence-electron chi connectivity index (χ1n) is 12.1. The number of primary sulfonamides is 1. The summed E-state index contributed by atoms with van der Waals surface area (Å²) in [5.74, 6) is -0.187. The van der Waals surface area contributed by atoms with Crippen molar-refractivity contribution in [3.8, 4) is 0 Å². The number of nitrogens with zero attached hydrogens (tertiary/aromatic N) is 4. The molecule has 0 radical (unpaired) electrons. The third kappa shape index (κ3) is 6.12. The standard InChI is InChI=1S/C26H25Cl2N5O4S2/c27-20-8-6-19(7-9-20)25-24(18-4-2-1-3-5-18)17-33(30-25)26(32-15-14-23(16-32)38(29,34)35)31-39(36,37)22-12-10-21(28)11-13-22/h1-13,23-24H,14-17H2,(H2,29,34,35)/b31-26-/t23-,24+/m0/s1.